The van der Waals surface area contributed by atoms with E-state index in [1.807, 2.05) is 12.1 Å². The van der Waals surface area contributed by atoms with Crippen LogP contribution in [0.2, 0.25) is 0 Å². The van der Waals surface area contributed by atoms with E-state index < -0.39 is 0 Å². The highest BCUT2D eigenvalue weighted by Crippen LogP contribution is 2.31. The summed E-state index contributed by atoms with van der Waals surface area (Å²) in [5, 5.41) is 11.3. The molecule has 3 rings (SSSR count). The van der Waals surface area contributed by atoms with Crippen LogP contribution in [0.5, 0.6) is 0 Å². The number of amides is 1. The number of carbonyl (C=O) groups is 1. The average Bonchev–Trinajstić information content (AvgIpc) is 2.84. The molecule has 7 heteroatoms. The number of nitrogens with zero attached hydrogens (tertiary/aromatic N) is 3. The van der Waals surface area contributed by atoms with Crippen LogP contribution in [0.1, 0.15) is 15.2 Å². The van der Waals surface area contributed by atoms with Crippen LogP contribution < -0.4 is 11.1 Å². The highest BCUT2D eigenvalue weighted by atomic mass is 32.1. The van der Waals surface area contributed by atoms with E-state index in [2.05, 4.69) is 20.5 Å². The molecule has 0 radical (unpaired) electrons. The van der Waals surface area contributed by atoms with Gasteiger partial charge >= 0.3 is 0 Å². The summed E-state index contributed by atoms with van der Waals surface area (Å²) in [6.07, 6.45) is 4.93. The molecular weight excluding hydrogens is 274 g/mol. The van der Waals surface area contributed by atoms with Gasteiger partial charge in [0, 0.05) is 24.3 Å². The number of hydrogen-bond donors (Lipinski definition) is 2. The Morgan fingerprint density at radius 3 is 2.80 bits per heavy atom. The number of nitrogens with one attached hydrogen (secondary N) is 1. The largest absolute Gasteiger partial charge is 0.397 e. The van der Waals surface area contributed by atoms with Crippen LogP contribution in [0, 0.1) is 0 Å². The number of thiophene rings is 1. The molecule has 0 unspecified atom stereocenters. The minimum Gasteiger partial charge on any atom is -0.397 e. The molecule has 3 heterocycles. The molecule has 20 heavy (non-hydrogen) atoms. The molecule has 0 aliphatic carbocycles. The van der Waals surface area contributed by atoms with Gasteiger partial charge in [-0.3, -0.25) is 9.78 Å². The third kappa shape index (κ3) is 2.30. The van der Waals surface area contributed by atoms with Gasteiger partial charge in [0.15, 0.2) is 0 Å². The molecule has 0 fully saturated rings. The number of rotatable bonds is 3. The van der Waals surface area contributed by atoms with E-state index in [9.17, 15) is 4.79 Å². The van der Waals surface area contributed by atoms with Crippen LogP contribution in [-0.4, -0.2) is 21.1 Å². The predicted octanol–water partition coefficient (Wildman–Crippen LogP) is 1.60. The fourth-order valence-electron chi connectivity index (χ4n) is 1.81. The summed E-state index contributed by atoms with van der Waals surface area (Å²) in [7, 11) is 0. The van der Waals surface area contributed by atoms with Crippen molar-refractivity contribution in [1.29, 1.82) is 0 Å². The number of pyridine rings is 1. The molecule has 0 aliphatic heterocycles. The minimum atomic E-state index is -0.206. The molecule has 0 bridgehead atoms. The highest BCUT2D eigenvalue weighted by molar-refractivity contribution is 7.21. The van der Waals surface area contributed by atoms with Crippen molar-refractivity contribution in [3.63, 3.8) is 0 Å². The van der Waals surface area contributed by atoms with Crippen molar-refractivity contribution in [2.24, 2.45) is 0 Å². The zero-order valence-corrected chi connectivity index (χ0v) is 11.2. The standard InChI is InChI=1S/C13H11N5OS/c14-10-9-3-6-17-18-13(9)20-11(10)12(19)16-7-8-1-4-15-5-2-8/h1-6H,7,14H2,(H,16,19). The van der Waals surface area contributed by atoms with Crippen LogP contribution in [-0.2, 0) is 6.54 Å². The van der Waals surface area contributed by atoms with E-state index in [1.54, 1.807) is 24.7 Å². The molecule has 3 aromatic rings. The third-order valence-electron chi connectivity index (χ3n) is 2.83. The molecule has 0 aromatic carbocycles. The van der Waals surface area contributed by atoms with Gasteiger partial charge in [0.1, 0.15) is 9.71 Å². The Kier molecular flexibility index (Phi) is 3.26. The number of nitrogen functional groups attached to an aromatic ring is 1. The van der Waals surface area contributed by atoms with Crippen LogP contribution >= 0.6 is 11.3 Å². The topological polar surface area (TPSA) is 93.8 Å². The van der Waals surface area contributed by atoms with Gasteiger partial charge in [0.25, 0.3) is 5.91 Å². The van der Waals surface area contributed by atoms with Crippen molar-refractivity contribution in [2.75, 3.05) is 5.73 Å². The number of hydrogen-bond acceptors (Lipinski definition) is 6. The maximum Gasteiger partial charge on any atom is 0.263 e. The van der Waals surface area contributed by atoms with Gasteiger partial charge in [-0.25, -0.2) is 0 Å². The Morgan fingerprint density at radius 1 is 1.25 bits per heavy atom. The summed E-state index contributed by atoms with van der Waals surface area (Å²) >= 11 is 1.24. The third-order valence-corrected chi connectivity index (χ3v) is 3.93. The Hall–Kier alpha value is -2.54. The quantitative estimate of drug-likeness (QED) is 0.762. The lowest BCUT2D eigenvalue weighted by Gasteiger charge is -2.04. The molecule has 1 amide bonds. The molecule has 0 saturated carbocycles. The Bertz CT molecular complexity index is 756. The fraction of sp³-hybridized carbons (Fsp3) is 0.0769. The first kappa shape index (κ1) is 12.5. The summed E-state index contributed by atoms with van der Waals surface area (Å²) in [6.45, 7) is 0.431. The zero-order valence-electron chi connectivity index (χ0n) is 10.4. The highest BCUT2D eigenvalue weighted by Gasteiger charge is 2.16. The number of nitrogens with two attached hydrogens (primary N) is 1. The fourth-order valence-corrected chi connectivity index (χ4v) is 2.76. The second kappa shape index (κ2) is 5.22. The van der Waals surface area contributed by atoms with Crippen molar-refractivity contribution in [1.82, 2.24) is 20.5 Å². The lowest BCUT2D eigenvalue weighted by Crippen LogP contribution is -2.22. The van der Waals surface area contributed by atoms with Gasteiger partial charge < -0.3 is 11.1 Å². The van der Waals surface area contributed by atoms with Gasteiger partial charge in [-0.15, -0.1) is 16.4 Å². The van der Waals surface area contributed by atoms with Crippen molar-refractivity contribution < 1.29 is 4.79 Å². The Labute approximate surface area is 118 Å². The van der Waals surface area contributed by atoms with Crippen molar-refractivity contribution >= 4 is 33.1 Å². The molecule has 3 aromatic heterocycles. The van der Waals surface area contributed by atoms with E-state index in [4.69, 9.17) is 5.73 Å². The Morgan fingerprint density at radius 2 is 2.05 bits per heavy atom. The molecular formula is C13H11N5OS. The van der Waals surface area contributed by atoms with Crippen molar-refractivity contribution in [3.8, 4) is 0 Å². The molecule has 0 spiro atoms. The van der Waals surface area contributed by atoms with E-state index in [0.717, 1.165) is 10.9 Å². The van der Waals surface area contributed by atoms with Crippen LogP contribution in [0.3, 0.4) is 0 Å². The Balaban J connectivity index is 1.81. The molecule has 3 N–H and O–H groups in total. The minimum absolute atomic E-state index is 0.206. The van der Waals surface area contributed by atoms with Gasteiger partial charge in [-0.2, -0.15) is 5.10 Å². The van der Waals surface area contributed by atoms with Crippen molar-refractivity contribution in [2.45, 2.75) is 6.54 Å². The maximum atomic E-state index is 12.2. The lowest BCUT2D eigenvalue weighted by atomic mass is 10.2. The van der Waals surface area contributed by atoms with Crippen LogP contribution in [0.4, 0.5) is 5.69 Å². The second-order valence-electron chi connectivity index (χ2n) is 4.13. The van der Waals surface area contributed by atoms with Gasteiger partial charge in [-0.1, -0.05) is 0 Å². The summed E-state index contributed by atoms with van der Waals surface area (Å²) < 4.78 is 0. The summed E-state index contributed by atoms with van der Waals surface area (Å²) in [5.74, 6) is -0.206. The van der Waals surface area contributed by atoms with E-state index in [0.29, 0.717) is 21.9 Å². The summed E-state index contributed by atoms with van der Waals surface area (Å²) in [6, 6.07) is 5.45. The smallest absolute Gasteiger partial charge is 0.263 e. The molecule has 100 valence electrons. The van der Waals surface area contributed by atoms with E-state index >= 15 is 0 Å². The lowest BCUT2D eigenvalue weighted by molar-refractivity contribution is 0.0956. The predicted molar refractivity (Wildman–Crippen MR) is 77.2 cm³/mol. The monoisotopic (exact) mass is 285 g/mol. The van der Waals surface area contributed by atoms with Crippen LogP contribution in [0.15, 0.2) is 36.8 Å². The van der Waals surface area contributed by atoms with Gasteiger partial charge in [0.2, 0.25) is 0 Å². The molecule has 6 nitrogen and oxygen atoms in total. The number of fused-ring (bicyclic) bond motifs is 1. The zero-order chi connectivity index (χ0) is 13.9. The number of carbonyl (C=O) groups excluding carboxylic acids is 1. The number of anilines is 1. The van der Waals surface area contributed by atoms with Gasteiger partial charge in [-0.05, 0) is 23.8 Å². The summed E-state index contributed by atoms with van der Waals surface area (Å²) in [4.78, 5) is 17.2. The average molecular weight is 285 g/mol. The molecule has 0 saturated heterocycles. The van der Waals surface area contributed by atoms with Crippen LogP contribution in [0.25, 0.3) is 10.2 Å². The molecule has 0 aliphatic rings. The second-order valence-corrected chi connectivity index (χ2v) is 5.13. The summed E-state index contributed by atoms with van der Waals surface area (Å²) in [5.41, 5.74) is 7.41. The van der Waals surface area contributed by atoms with Crippen molar-refractivity contribution in [3.05, 3.63) is 47.2 Å². The number of aromatic nitrogens is 3. The van der Waals surface area contributed by atoms with E-state index in [1.165, 1.54) is 11.3 Å². The van der Waals surface area contributed by atoms with E-state index in [-0.39, 0.29) is 5.91 Å². The first-order chi connectivity index (χ1) is 9.75. The van der Waals surface area contributed by atoms with Gasteiger partial charge in [0.05, 0.1) is 11.9 Å². The SMILES string of the molecule is Nc1c(C(=O)NCc2ccncc2)sc2nnccc12. The normalized spacial score (nSPS) is 10.6. The first-order valence-electron chi connectivity index (χ1n) is 5.92. The first-order valence-corrected chi connectivity index (χ1v) is 6.74. The molecule has 0 atom stereocenters. The maximum absolute atomic E-state index is 12.2.